The number of alkyl halides is 1. The molecule has 1 fully saturated rings. The van der Waals surface area contributed by atoms with E-state index in [0.29, 0.717) is 23.6 Å². The molecule has 0 heterocycles. The molecule has 0 bridgehead atoms. The van der Waals surface area contributed by atoms with Crippen molar-refractivity contribution in [3.05, 3.63) is 35.4 Å². The van der Waals surface area contributed by atoms with Crippen molar-refractivity contribution in [1.29, 1.82) is 5.26 Å². The molecule has 1 aromatic carbocycles. The predicted octanol–water partition coefficient (Wildman–Crippen LogP) is 3.48. The molecule has 0 atom stereocenters. The molecule has 20 heavy (non-hydrogen) atoms. The highest BCUT2D eigenvalue weighted by atomic mass is 35.5. The molecule has 0 aromatic heterocycles. The maximum absolute atomic E-state index is 12.1. The highest BCUT2D eigenvalue weighted by Gasteiger charge is 2.31. The van der Waals surface area contributed by atoms with Gasteiger partial charge in [0.05, 0.1) is 11.6 Å². The SMILES string of the molecule is N#Cc1ccc(C(=O)NCC2(CCl)CCCCC2)cc1. The summed E-state index contributed by atoms with van der Waals surface area (Å²) in [7, 11) is 0. The van der Waals surface area contributed by atoms with Crippen LogP contribution in [0.2, 0.25) is 0 Å². The lowest BCUT2D eigenvalue weighted by Crippen LogP contribution is -2.40. The number of carbonyl (C=O) groups excluding carboxylic acids is 1. The first-order valence-corrected chi connectivity index (χ1v) is 7.57. The summed E-state index contributed by atoms with van der Waals surface area (Å²) in [4.78, 5) is 12.1. The molecular formula is C16H19ClN2O. The minimum Gasteiger partial charge on any atom is -0.351 e. The molecule has 0 radical (unpaired) electrons. The zero-order valence-corrected chi connectivity index (χ0v) is 12.2. The van der Waals surface area contributed by atoms with Crippen molar-refractivity contribution in [2.45, 2.75) is 32.1 Å². The highest BCUT2D eigenvalue weighted by Crippen LogP contribution is 2.36. The number of nitrogens with one attached hydrogen (secondary N) is 1. The lowest BCUT2D eigenvalue weighted by molar-refractivity contribution is 0.0921. The van der Waals surface area contributed by atoms with Crippen molar-refractivity contribution in [2.24, 2.45) is 5.41 Å². The van der Waals surface area contributed by atoms with Crippen molar-refractivity contribution >= 4 is 17.5 Å². The van der Waals surface area contributed by atoms with E-state index >= 15 is 0 Å². The molecule has 3 nitrogen and oxygen atoms in total. The minimum atomic E-state index is -0.0930. The van der Waals surface area contributed by atoms with Gasteiger partial charge in [-0.3, -0.25) is 4.79 Å². The summed E-state index contributed by atoms with van der Waals surface area (Å²) in [5.41, 5.74) is 1.21. The van der Waals surface area contributed by atoms with Crippen LogP contribution in [0.4, 0.5) is 0 Å². The molecule has 1 N–H and O–H groups in total. The van der Waals surface area contributed by atoms with E-state index < -0.39 is 0 Å². The largest absolute Gasteiger partial charge is 0.351 e. The maximum Gasteiger partial charge on any atom is 0.251 e. The monoisotopic (exact) mass is 290 g/mol. The van der Waals surface area contributed by atoms with E-state index in [0.717, 1.165) is 12.8 Å². The van der Waals surface area contributed by atoms with Gasteiger partial charge in [-0.25, -0.2) is 0 Å². The number of nitriles is 1. The summed E-state index contributed by atoms with van der Waals surface area (Å²) >= 11 is 6.12. The van der Waals surface area contributed by atoms with Crippen LogP contribution in [0, 0.1) is 16.7 Å². The van der Waals surface area contributed by atoms with E-state index in [1.165, 1.54) is 19.3 Å². The van der Waals surface area contributed by atoms with Crippen molar-refractivity contribution < 1.29 is 4.79 Å². The Kier molecular flexibility index (Phi) is 5.03. The number of rotatable bonds is 4. The van der Waals surface area contributed by atoms with Crippen LogP contribution < -0.4 is 5.32 Å². The second kappa shape index (κ2) is 6.76. The van der Waals surface area contributed by atoms with Crippen LogP contribution in [-0.4, -0.2) is 18.3 Å². The first-order valence-electron chi connectivity index (χ1n) is 7.03. The smallest absolute Gasteiger partial charge is 0.251 e. The number of nitrogens with zero attached hydrogens (tertiary/aromatic N) is 1. The van der Waals surface area contributed by atoms with Crippen LogP contribution in [0.3, 0.4) is 0 Å². The highest BCUT2D eigenvalue weighted by molar-refractivity contribution is 6.18. The normalized spacial score (nSPS) is 17.2. The first-order chi connectivity index (χ1) is 9.69. The number of hydrogen-bond donors (Lipinski definition) is 1. The Morgan fingerprint density at radius 2 is 1.90 bits per heavy atom. The molecule has 2 rings (SSSR count). The Bertz CT molecular complexity index is 498. The van der Waals surface area contributed by atoms with Gasteiger partial charge in [0.2, 0.25) is 0 Å². The molecular weight excluding hydrogens is 272 g/mol. The van der Waals surface area contributed by atoms with Gasteiger partial charge in [-0.2, -0.15) is 5.26 Å². The van der Waals surface area contributed by atoms with Crippen molar-refractivity contribution in [3.8, 4) is 6.07 Å². The molecule has 0 saturated heterocycles. The fourth-order valence-corrected chi connectivity index (χ4v) is 3.09. The van der Waals surface area contributed by atoms with Gasteiger partial charge in [-0.1, -0.05) is 19.3 Å². The zero-order valence-electron chi connectivity index (χ0n) is 11.5. The Hall–Kier alpha value is -1.53. The minimum absolute atomic E-state index is 0.0576. The van der Waals surface area contributed by atoms with Crippen molar-refractivity contribution in [2.75, 3.05) is 12.4 Å². The quantitative estimate of drug-likeness (QED) is 0.863. The zero-order chi connectivity index (χ0) is 14.4. The topological polar surface area (TPSA) is 52.9 Å². The van der Waals surface area contributed by atoms with Gasteiger partial charge >= 0.3 is 0 Å². The molecule has 1 aromatic rings. The van der Waals surface area contributed by atoms with Crippen molar-refractivity contribution in [1.82, 2.24) is 5.32 Å². The Morgan fingerprint density at radius 3 is 2.45 bits per heavy atom. The average molecular weight is 291 g/mol. The van der Waals surface area contributed by atoms with E-state index in [4.69, 9.17) is 16.9 Å². The van der Waals surface area contributed by atoms with Gasteiger partial charge in [0, 0.05) is 23.4 Å². The van der Waals surface area contributed by atoms with Crippen LogP contribution >= 0.6 is 11.6 Å². The Labute approximate surface area is 124 Å². The lowest BCUT2D eigenvalue weighted by Gasteiger charge is -2.35. The van der Waals surface area contributed by atoms with Gasteiger partial charge in [0.1, 0.15) is 0 Å². The van der Waals surface area contributed by atoms with Gasteiger partial charge < -0.3 is 5.32 Å². The van der Waals surface area contributed by atoms with E-state index in [-0.39, 0.29) is 11.3 Å². The summed E-state index contributed by atoms with van der Waals surface area (Å²) in [6.07, 6.45) is 5.83. The number of amides is 1. The average Bonchev–Trinajstić information content (AvgIpc) is 2.53. The Morgan fingerprint density at radius 1 is 1.25 bits per heavy atom. The Balaban J connectivity index is 1.95. The second-order valence-corrected chi connectivity index (χ2v) is 5.83. The number of hydrogen-bond acceptors (Lipinski definition) is 2. The van der Waals surface area contributed by atoms with Crippen LogP contribution in [0.1, 0.15) is 48.0 Å². The van der Waals surface area contributed by atoms with Crippen LogP contribution in [-0.2, 0) is 0 Å². The van der Waals surface area contributed by atoms with Gasteiger partial charge in [0.15, 0.2) is 0 Å². The number of benzene rings is 1. The molecule has 106 valence electrons. The molecule has 1 saturated carbocycles. The first kappa shape index (κ1) is 14.9. The summed E-state index contributed by atoms with van der Waals surface area (Å²) in [5, 5.41) is 11.7. The molecule has 4 heteroatoms. The van der Waals surface area contributed by atoms with Crippen LogP contribution in [0.15, 0.2) is 24.3 Å². The lowest BCUT2D eigenvalue weighted by atomic mass is 9.75. The summed E-state index contributed by atoms with van der Waals surface area (Å²) in [6, 6.07) is 8.73. The van der Waals surface area contributed by atoms with Gasteiger partial charge in [-0.05, 0) is 37.1 Å². The van der Waals surface area contributed by atoms with Gasteiger partial charge in [-0.15, -0.1) is 11.6 Å². The molecule has 0 aliphatic heterocycles. The standard InChI is InChI=1S/C16H19ClN2O/c17-11-16(8-2-1-3-9-16)12-19-15(20)14-6-4-13(10-18)5-7-14/h4-7H,1-3,8-9,11-12H2,(H,19,20). The summed E-state index contributed by atoms with van der Waals surface area (Å²) in [6.45, 7) is 0.634. The summed E-state index contributed by atoms with van der Waals surface area (Å²) in [5.74, 6) is 0.505. The van der Waals surface area contributed by atoms with E-state index in [9.17, 15) is 4.79 Å². The van der Waals surface area contributed by atoms with Crippen LogP contribution in [0.25, 0.3) is 0 Å². The molecule has 0 unspecified atom stereocenters. The van der Waals surface area contributed by atoms with E-state index in [1.807, 2.05) is 6.07 Å². The molecule has 1 amide bonds. The fourth-order valence-electron chi connectivity index (χ4n) is 2.73. The molecule has 0 spiro atoms. The van der Waals surface area contributed by atoms with E-state index in [1.54, 1.807) is 24.3 Å². The molecule has 1 aliphatic carbocycles. The van der Waals surface area contributed by atoms with E-state index in [2.05, 4.69) is 5.32 Å². The number of halogens is 1. The number of carbonyl (C=O) groups is 1. The molecule has 1 aliphatic rings. The third kappa shape index (κ3) is 3.52. The third-order valence-electron chi connectivity index (χ3n) is 4.10. The van der Waals surface area contributed by atoms with Crippen molar-refractivity contribution in [3.63, 3.8) is 0 Å². The predicted molar refractivity (Wildman–Crippen MR) is 79.7 cm³/mol. The fraction of sp³-hybridized carbons (Fsp3) is 0.500. The summed E-state index contributed by atoms with van der Waals surface area (Å²) < 4.78 is 0. The third-order valence-corrected chi connectivity index (χ3v) is 4.66. The van der Waals surface area contributed by atoms with Crippen LogP contribution in [0.5, 0.6) is 0 Å². The van der Waals surface area contributed by atoms with Gasteiger partial charge in [0.25, 0.3) is 5.91 Å². The second-order valence-electron chi connectivity index (χ2n) is 5.57. The maximum atomic E-state index is 12.1.